The molecule has 4 heteroatoms. The number of nitrogens with two attached hydrogens (primary N) is 2. The van der Waals surface area contributed by atoms with Gasteiger partial charge in [-0.2, -0.15) is 0 Å². The van der Waals surface area contributed by atoms with E-state index in [1.54, 1.807) is 24.3 Å². The summed E-state index contributed by atoms with van der Waals surface area (Å²) in [4.78, 5) is 10.9. The third-order valence-electron chi connectivity index (χ3n) is 2.50. The molecule has 0 aliphatic rings. The average molecular weight is 242 g/mol. The summed E-state index contributed by atoms with van der Waals surface area (Å²) in [5.41, 5.74) is 12.9. The number of primary amides is 1. The van der Waals surface area contributed by atoms with Crippen molar-refractivity contribution < 1.29 is 9.53 Å². The zero-order valence-electron chi connectivity index (χ0n) is 9.80. The molecular formula is C14H14N2O2. The van der Waals surface area contributed by atoms with Crippen molar-refractivity contribution in [3.8, 4) is 5.75 Å². The summed E-state index contributed by atoms with van der Waals surface area (Å²) >= 11 is 0. The van der Waals surface area contributed by atoms with Crippen LogP contribution in [0.5, 0.6) is 5.75 Å². The van der Waals surface area contributed by atoms with Crippen molar-refractivity contribution in [1.29, 1.82) is 0 Å². The van der Waals surface area contributed by atoms with Crippen LogP contribution in [0.25, 0.3) is 0 Å². The minimum Gasteiger partial charge on any atom is -0.489 e. The van der Waals surface area contributed by atoms with Gasteiger partial charge >= 0.3 is 0 Å². The van der Waals surface area contributed by atoms with Crippen LogP contribution in [0.15, 0.2) is 48.5 Å². The third kappa shape index (κ3) is 3.01. The van der Waals surface area contributed by atoms with Gasteiger partial charge in [-0.25, -0.2) is 0 Å². The predicted octanol–water partition coefficient (Wildman–Crippen LogP) is 1.95. The monoisotopic (exact) mass is 242 g/mol. The standard InChI is InChI=1S/C14H14N2O2/c15-12-2-1-3-13(8-12)18-9-10-4-6-11(7-5-10)14(16)17/h1-8H,9,15H2,(H2,16,17). The molecule has 0 spiro atoms. The Morgan fingerprint density at radius 2 is 1.83 bits per heavy atom. The lowest BCUT2D eigenvalue weighted by molar-refractivity contribution is 0.1000. The van der Waals surface area contributed by atoms with E-state index in [4.69, 9.17) is 16.2 Å². The Morgan fingerprint density at radius 1 is 1.11 bits per heavy atom. The second kappa shape index (κ2) is 5.23. The number of carbonyl (C=O) groups excluding carboxylic acids is 1. The van der Waals surface area contributed by atoms with Gasteiger partial charge in [0.2, 0.25) is 5.91 Å². The molecule has 0 saturated carbocycles. The van der Waals surface area contributed by atoms with Crippen LogP contribution >= 0.6 is 0 Å². The van der Waals surface area contributed by atoms with E-state index in [1.165, 1.54) is 0 Å². The lowest BCUT2D eigenvalue weighted by Gasteiger charge is -2.07. The highest BCUT2D eigenvalue weighted by Crippen LogP contribution is 2.16. The molecule has 0 fully saturated rings. The van der Waals surface area contributed by atoms with Crippen LogP contribution in [0, 0.1) is 0 Å². The van der Waals surface area contributed by atoms with Crippen molar-refractivity contribution >= 4 is 11.6 Å². The zero-order valence-corrected chi connectivity index (χ0v) is 9.80. The predicted molar refractivity (Wildman–Crippen MR) is 70.1 cm³/mol. The first-order valence-corrected chi connectivity index (χ1v) is 5.52. The number of rotatable bonds is 4. The lowest BCUT2D eigenvalue weighted by atomic mass is 10.1. The Hall–Kier alpha value is -2.49. The highest BCUT2D eigenvalue weighted by Gasteiger charge is 2.00. The van der Waals surface area contributed by atoms with E-state index in [9.17, 15) is 4.79 Å². The van der Waals surface area contributed by atoms with Crippen LogP contribution in [-0.4, -0.2) is 5.91 Å². The number of hydrogen-bond acceptors (Lipinski definition) is 3. The second-order valence-electron chi connectivity index (χ2n) is 3.92. The molecule has 0 heterocycles. The molecule has 0 unspecified atom stereocenters. The first-order chi connectivity index (χ1) is 8.65. The van der Waals surface area contributed by atoms with Crippen molar-refractivity contribution in [3.05, 3.63) is 59.7 Å². The summed E-state index contributed by atoms with van der Waals surface area (Å²) in [6.07, 6.45) is 0. The molecule has 2 rings (SSSR count). The molecule has 0 saturated heterocycles. The van der Waals surface area contributed by atoms with Gasteiger partial charge in [0.1, 0.15) is 12.4 Å². The van der Waals surface area contributed by atoms with Crippen molar-refractivity contribution in [1.82, 2.24) is 0 Å². The molecule has 0 bridgehead atoms. The molecule has 0 aliphatic carbocycles. The molecule has 0 aliphatic heterocycles. The Morgan fingerprint density at radius 3 is 2.44 bits per heavy atom. The number of nitrogen functional groups attached to an aromatic ring is 1. The van der Waals surface area contributed by atoms with Gasteiger partial charge in [-0.05, 0) is 29.8 Å². The van der Waals surface area contributed by atoms with Crippen molar-refractivity contribution in [3.63, 3.8) is 0 Å². The smallest absolute Gasteiger partial charge is 0.248 e. The van der Waals surface area contributed by atoms with Crippen molar-refractivity contribution in [2.75, 3.05) is 5.73 Å². The average Bonchev–Trinajstić information content (AvgIpc) is 2.37. The van der Waals surface area contributed by atoms with Gasteiger partial charge in [0.25, 0.3) is 0 Å². The van der Waals surface area contributed by atoms with E-state index in [1.807, 2.05) is 24.3 Å². The maximum absolute atomic E-state index is 10.9. The molecule has 2 aromatic carbocycles. The van der Waals surface area contributed by atoms with Crippen LogP contribution in [0.2, 0.25) is 0 Å². The molecule has 0 atom stereocenters. The van der Waals surface area contributed by atoms with Crippen molar-refractivity contribution in [2.24, 2.45) is 5.73 Å². The summed E-state index contributed by atoms with van der Waals surface area (Å²) in [5, 5.41) is 0. The fourth-order valence-corrected chi connectivity index (χ4v) is 1.54. The first-order valence-electron chi connectivity index (χ1n) is 5.52. The van der Waals surface area contributed by atoms with Gasteiger partial charge in [-0.15, -0.1) is 0 Å². The van der Waals surface area contributed by atoms with Crippen LogP contribution in [0.1, 0.15) is 15.9 Å². The van der Waals surface area contributed by atoms with Gasteiger partial charge in [0.05, 0.1) is 0 Å². The molecule has 92 valence electrons. The summed E-state index contributed by atoms with van der Waals surface area (Å²) in [6, 6.07) is 14.2. The first kappa shape index (κ1) is 12.0. The van der Waals surface area contributed by atoms with E-state index in [0.29, 0.717) is 23.6 Å². The fraction of sp³-hybridized carbons (Fsp3) is 0.0714. The summed E-state index contributed by atoms with van der Waals surface area (Å²) in [6.45, 7) is 0.419. The minimum absolute atomic E-state index is 0.419. The van der Waals surface area contributed by atoms with Crippen LogP contribution in [0.3, 0.4) is 0 Å². The highest BCUT2D eigenvalue weighted by molar-refractivity contribution is 5.92. The van der Waals surface area contributed by atoms with Gasteiger partial charge < -0.3 is 16.2 Å². The zero-order chi connectivity index (χ0) is 13.0. The number of ether oxygens (including phenoxy) is 1. The van der Waals surface area contributed by atoms with E-state index in [-0.39, 0.29) is 0 Å². The normalized spacial score (nSPS) is 10.0. The van der Waals surface area contributed by atoms with Gasteiger partial charge in [0, 0.05) is 17.3 Å². The van der Waals surface area contributed by atoms with E-state index in [0.717, 1.165) is 5.56 Å². The molecule has 18 heavy (non-hydrogen) atoms. The molecule has 0 aromatic heterocycles. The molecule has 2 aromatic rings. The van der Waals surface area contributed by atoms with Crippen molar-refractivity contribution in [2.45, 2.75) is 6.61 Å². The summed E-state index contributed by atoms with van der Waals surface area (Å²) < 4.78 is 5.58. The Balaban J connectivity index is 2.00. The summed E-state index contributed by atoms with van der Waals surface area (Å²) in [5.74, 6) is 0.285. The largest absolute Gasteiger partial charge is 0.489 e. The second-order valence-corrected chi connectivity index (χ2v) is 3.92. The molecular weight excluding hydrogens is 228 g/mol. The highest BCUT2D eigenvalue weighted by atomic mass is 16.5. The maximum Gasteiger partial charge on any atom is 0.248 e. The fourth-order valence-electron chi connectivity index (χ4n) is 1.54. The lowest BCUT2D eigenvalue weighted by Crippen LogP contribution is -2.10. The SMILES string of the molecule is NC(=O)c1ccc(COc2cccc(N)c2)cc1. The quantitative estimate of drug-likeness (QED) is 0.804. The van der Waals surface area contributed by atoms with Gasteiger partial charge in [-0.3, -0.25) is 4.79 Å². The van der Waals surface area contributed by atoms with E-state index in [2.05, 4.69) is 0 Å². The Bertz CT molecular complexity index is 550. The Kier molecular flexibility index (Phi) is 3.48. The third-order valence-corrected chi connectivity index (χ3v) is 2.50. The van der Waals surface area contributed by atoms with Crippen LogP contribution in [0.4, 0.5) is 5.69 Å². The number of amides is 1. The van der Waals surface area contributed by atoms with Crippen LogP contribution in [-0.2, 0) is 6.61 Å². The number of anilines is 1. The topological polar surface area (TPSA) is 78.3 Å². The van der Waals surface area contributed by atoms with Gasteiger partial charge in [0.15, 0.2) is 0 Å². The molecule has 4 N–H and O–H groups in total. The van der Waals surface area contributed by atoms with E-state index >= 15 is 0 Å². The molecule has 0 radical (unpaired) electrons. The van der Waals surface area contributed by atoms with Gasteiger partial charge in [-0.1, -0.05) is 18.2 Å². The minimum atomic E-state index is -0.432. The molecule has 4 nitrogen and oxygen atoms in total. The van der Waals surface area contributed by atoms with E-state index < -0.39 is 5.91 Å². The summed E-state index contributed by atoms with van der Waals surface area (Å²) in [7, 11) is 0. The number of carbonyl (C=O) groups is 1. The molecule has 1 amide bonds. The maximum atomic E-state index is 10.9. The number of hydrogen-bond donors (Lipinski definition) is 2. The number of benzene rings is 2. The van der Waals surface area contributed by atoms with Crippen LogP contribution < -0.4 is 16.2 Å². The Labute approximate surface area is 105 Å².